The summed E-state index contributed by atoms with van der Waals surface area (Å²) in [5, 5.41) is 5.81. The molecule has 0 aromatic heterocycles. The molecule has 2 aromatic carbocycles. The van der Waals surface area contributed by atoms with Gasteiger partial charge in [-0.2, -0.15) is 0 Å². The first kappa shape index (κ1) is 18.7. The zero-order valence-electron chi connectivity index (χ0n) is 15.3. The summed E-state index contributed by atoms with van der Waals surface area (Å²) in [7, 11) is 0. The molecule has 4 heteroatoms. The minimum Gasteiger partial charge on any atom is -0.350 e. The van der Waals surface area contributed by atoms with Crippen molar-refractivity contribution in [3.05, 3.63) is 64.7 Å². The van der Waals surface area contributed by atoms with Crippen molar-refractivity contribution in [1.82, 2.24) is 5.32 Å². The van der Waals surface area contributed by atoms with Crippen molar-refractivity contribution in [3.8, 4) is 0 Å². The molecule has 4 nitrogen and oxygen atoms in total. The van der Waals surface area contributed by atoms with Crippen LogP contribution < -0.4 is 10.6 Å². The Bertz CT molecular complexity index is 768. The molecule has 0 unspecified atom stereocenters. The van der Waals surface area contributed by atoms with E-state index in [-0.39, 0.29) is 24.3 Å². The first-order valence-electron chi connectivity index (χ1n) is 8.66. The van der Waals surface area contributed by atoms with Crippen LogP contribution in [0, 0.1) is 13.8 Å². The molecule has 2 amide bonds. The van der Waals surface area contributed by atoms with Crippen molar-refractivity contribution < 1.29 is 9.59 Å². The third kappa shape index (κ3) is 5.18. The summed E-state index contributed by atoms with van der Waals surface area (Å²) >= 11 is 0. The lowest BCUT2D eigenvalue weighted by atomic mass is 10.0. The second kappa shape index (κ2) is 8.47. The first-order valence-corrected chi connectivity index (χ1v) is 8.66. The van der Waals surface area contributed by atoms with Gasteiger partial charge >= 0.3 is 0 Å². The fraction of sp³-hybridized carbons (Fsp3) is 0.333. The van der Waals surface area contributed by atoms with E-state index >= 15 is 0 Å². The summed E-state index contributed by atoms with van der Waals surface area (Å²) in [6.07, 6.45) is 1.14. The van der Waals surface area contributed by atoms with Gasteiger partial charge in [-0.25, -0.2) is 0 Å². The van der Waals surface area contributed by atoms with Gasteiger partial charge in [0.15, 0.2) is 0 Å². The monoisotopic (exact) mass is 338 g/mol. The van der Waals surface area contributed by atoms with E-state index in [1.807, 2.05) is 45.9 Å². The molecule has 0 aliphatic heterocycles. The summed E-state index contributed by atoms with van der Waals surface area (Å²) in [5.74, 6) is -0.299. The summed E-state index contributed by atoms with van der Waals surface area (Å²) in [6.45, 7) is 8.01. The molecule has 2 N–H and O–H groups in total. The smallest absolute Gasteiger partial charge is 0.253 e. The Morgan fingerprint density at radius 1 is 1.08 bits per heavy atom. The van der Waals surface area contributed by atoms with Crippen LogP contribution in [0.15, 0.2) is 42.5 Å². The minimum atomic E-state index is -0.170. The number of benzene rings is 2. The van der Waals surface area contributed by atoms with Gasteiger partial charge < -0.3 is 10.6 Å². The van der Waals surface area contributed by atoms with Gasteiger partial charge in [0.25, 0.3) is 5.91 Å². The molecule has 0 aliphatic rings. The summed E-state index contributed by atoms with van der Waals surface area (Å²) in [5.41, 5.74) is 4.28. The van der Waals surface area contributed by atoms with Gasteiger partial charge in [-0.05, 0) is 50.5 Å². The van der Waals surface area contributed by atoms with Crippen LogP contribution in [0.3, 0.4) is 0 Å². The minimum absolute atomic E-state index is 0.0893. The Morgan fingerprint density at radius 2 is 1.80 bits per heavy atom. The number of nitrogens with one attached hydrogen (secondary N) is 2. The van der Waals surface area contributed by atoms with Gasteiger partial charge in [0.2, 0.25) is 5.91 Å². The van der Waals surface area contributed by atoms with Crippen LogP contribution in [0.25, 0.3) is 0 Å². The summed E-state index contributed by atoms with van der Waals surface area (Å²) in [6, 6.07) is 13.2. The van der Waals surface area contributed by atoms with Crippen LogP contribution in [-0.4, -0.2) is 17.9 Å². The number of amides is 2. The van der Waals surface area contributed by atoms with Crippen molar-refractivity contribution in [2.24, 2.45) is 0 Å². The normalized spacial score (nSPS) is 11.7. The molecule has 2 rings (SSSR count). The van der Waals surface area contributed by atoms with Crippen molar-refractivity contribution in [2.75, 3.05) is 5.32 Å². The number of carbonyl (C=O) groups excluding carboxylic acids is 2. The summed E-state index contributed by atoms with van der Waals surface area (Å²) < 4.78 is 0. The maximum absolute atomic E-state index is 12.4. The molecule has 0 spiro atoms. The van der Waals surface area contributed by atoms with Crippen molar-refractivity contribution in [2.45, 2.75) is 46.6 Å². The van der Waals surface area contributed by atoms with E-state index in [1.165, 1.54) is 5.56 Å². The largest absolute Gasteiger partial charge is 0.350 e. The lowest BCUT2D eigenvalue weighted by Crippen LogP contribution is -2.32. The van der Waals surface area contributed by atoms with E-state index in [0.717, 1.165) is 17.5 Å². The fourth-order valence-corrected chi connectivity index (χ4v) is 2.61. The van der Waals surface area contributed by atoms with Crippen LogP contribution >= 0.6 is 0 Å². The van der Waals surface area contributed by atoms with E-state index in [4.69, 9.17) is 0 Å². The number of carbonyl (C=O) groups is 2. The predicted molar refractivity (Wildman–Crippen MR) is 102 cm³/mol. The van der Waals surface area contributed by atoms with E-state index in [2.05, 4.69) is 16.7 Å². The third-order valence-corrected chi connectivity index (χ3v) is 4.28. The van der Waals surface area contributed by atoms with E-state index < -0.39 is 0 Å². The molecule has 0 aliphatic carbocycles. The average molecular weight is 338 g/mol. The van der Waals surface area contributed by atoms with Crippen LogP contribution in [0.2, 0.25) is 0 Å². The number of hydrogen-bond acceptors (Lipinski definition) is 2. The fourth-order valence-electron chi connectivity index (χ4n) is 2.61. The van der Waals surface area contributed by atoms with Crippen molar-refractivity contribution in [3.63, 3.8) is 0 Å². The average Bonchev–Trinajstić information content (AvgIpc) is 2.57. The zero-order chi connectivity index (χ0) is 18.4. The Kier molecular flexibility index (Phi) is 6.34. The molecule has 0 fully saturated rings. The van der Waals surface area contributed by atoms with Crippen LogP contribution in [0.1, 0.15) is 47.3 Å². The van der Waals surface area contributed by atoms with Crippen LogP contribution in [-0.2, 0) is 11.2 Å². The number of hydrogen-bond donors (Lipinski definition) is 2. The second-order valence-corrected chi connectivity index (χ2v) is 6.48. The molecular formula is C21H26N2O2. The highest BCUT2D eigenvalue weighted by Crippen LogP contribution is 2.17. The highest BCUT2D eigenvalue weighted by molar-refractivity contribution is 6.04. The lowest BCUT2D eigenvalue weighted by Gasteiger charge is -2.15. The number of rotatable bonds is 6. The topological polar surface area (TPSA) is 58.2 Å². The Hall–Kier alpha value is -2.62. The molecular weight excluding hydrogens is 312 g/mol. The van der Waals surface area contributed by atoms with Gasteiger partial charge in [0, 0.05) is 6.04 Å². The number of para-hydroxylation sites is 1. The van der Waals surface area contributed by atoms with Crippen LogP contribution in [0.5, 0.6) is 0 Å². The molecule has 0 bridgehead atoms. The van der Waals surface area contributed by atoms with Gasteiger partial charge in [0.05, 0.1) is 17.7 Å². The molecule has 0 saturated heterocycles. The second-order valence-electron chi connectivity index (χ2n) is 6.48. The predicted octanol–water partition coefficient (Wildman–Crippen LogP) is 4.01. The van der Waals surface area contributed by atoms with E-state index in [0.29, 0.717) is 11.3 Å². The molecule has 25 heavy (non-hydrogen) atoms. The van der Waals surface area contributed by atoms with Gasteiger partial charge in [-0.15, -0.1) is 0 Å². The number of aryl methyl sites for hydroxylation is 2. The molecule has 0 saturated carbocycles. The zero-order valence-corrected chi connectivity index (χ0v) is 15.3. The lowest BCUT2D eigenvalue weighted by molar-refractivity contribution is -0.115. The number of anilines is 1. The SMILES string of the molecule is CC[C@@H](C)NC(=O)c1ccccc1NC(=O)Cc1ccc(C)cc1C. The Balaban J connectivity index is 2.11. The summed E-state index contributed by atoms with van der Waals surface area (Å²) in [4.78, 5) is 24.8. The maximum Gasteiger partial charge on any atom is 0.253 e. The van der Waals surface area contributed by atoms with E-state index in [9.17, 15) is 9.59 Å². The third-order valence-electron chi connectivity index (χ3n) is 4.28. The van der Waals surface area contributed by atoms with Crippen LogP contribution in [0.4, 0.5) is 5.69 Å². The maximum atomic E-state index is 12.4. The van der Waals surface area contributed by atoms with Crippen molar-refractivity contribution in [1.29, 1.82) is 0 Å². The highest BCUT2D eigenvalue weighted by Gasteiger charge is 2.15. The van der Waals surface area contributed by atoms with Gasteiger partial charge in [0.1, 0.15) is 0 Å². The molecule has 1 atom stereocenters. The molecule has 2 aromatic rings. The van der Waals surface area contributed by atoms with Gasteiger partial charge in [-0.1, -0.05) is 42.8 Å². The molecule has 0 heterocycles. The standard InChI is InChI=1S/C21H26N2O2/c1-5-16(4)22-21(25)18-8-6-7-9-19(18)23-20(24)13-17-11-10-14(2)12-15(17)3/h6-12,16H,5,13H2,1-4H3,(H,22,25)(H,23,24)/t16-/m1/s1. The van der Waals surface area contributed by atoms with Gasteiger partial charge in [-0.3, -0.25) is 9.59 Å². The Labute approximate surface area is 149 Å². The first-order chi connectivity index (χ1) is 11.9. The molecule has 0 radical (unpaired) electrons. The highest BCUT2D eigenvalue weighted by atomic mass is 16.2. The molecule has 132 valence electrons. The quantitative estimate of drug-likeness (QED) is 0.836. The van der Waals surface area contributed by atoms with Crippen molar-refractivity contribution >= 4 is 17.5 Å². The van der Waals surface area contributed by atoms with E-state index in [1.54, 1.807) is 18.2 Å². The Morgan fingerprint density at radius 3 is 2.48 bits per heavy atom.